The molecule has 14 heavy (non-hydrogen) atoms. The van der Waals surface area contributed by atoms with Crippen molar-refractivity contribution in [3.05, 3.63) is 23.3 Å². The molecule has 0 unspecified atom stereocenters. The molecule has 0 saturated carbocycles. The van der Waals surface area contributed by atoms with Gasteiger partial charge in [-0.25, -0.2) is 4.79 Å². The van der Waals surface area contributed by atoms with E-state index in [0.29, 0.717) is 5.69 Å². The first-order chi connectivity index (χ1) is 6.59. The first-order valence-corrected chi connectivity index (χ1v) is 4.46. The van der Waals surface area contributed by atoms with Crippen LogP contribution in [0.25, 0.3) is 0 Å². The van der Waals surface area contributed by atoms with E-state index >= 15 is 0 Å². The zero-order valence-corrected chi connectivity index (χ0v) is 7.95. The molecule has 0 saturated heterocycles. The Balaban J connectivity index is 2.57. The first kappa shape index (κ1) is 8.87. The molecule has 1 aromatic carbocycles. The molecule has 0 fully saturated rings. The highest BCUT2D eigenvalue weighted by molar-refractivity contribution is 5.92. The Hall–Kier alpha value is -1.71. The van der Waals surface area contributed by atoms with E-state index in [9.17, 15) is 4.79 Å². The van der Waals surface area contributed by atoms with Crippen LogP contribution in [0.1, 0.15) is 15.9 Å². The van der Waals surface area contributed by atoms with Gasteiger partial charge in [-0.2, -0.15) is 0 Å². The number of likely N-dealkylation sites (N-methyl/N-ethyl adjacent to an activating group) is 1. The largest absolute Gasteiger partial charge is 0.478 e. The lowest BCUT2D eigenvalue weighted by Gasteiger charge is -2.14. The SMILES string of the molecule is CN1CCc2cc(C(=O)O)cc(N)c21. The van der Waals surface area contributed by atoms with Gasteiger partial charge in [-0.15, -0.1) is 0 Å². The highest BCUT2D eigenvalue weighted by Crippen LogP contribution is 2.33. The van der Waals surface area contributed by atoms with Crippen LogP contribution in [0.3, 0.4) is 0 Å². The van der Waals surface area contributed by atoms with E-state index in [1.807, 2.05) is 7.05 Å². The average Bonchev–Trinajstić information content (AvgIpc) is 2.48. The van der Waals surface area contributed by atoms with Gasteiger partial charge in [-0.1, -0.05) is 0 Å². The van der Waals surface area contributed by atoms with Crippen LogP contribution >= 0.6 is 0 Å². The molecule has 2 rings (SSSR count). The molecule has 0 radical (unpaired) electrons. The molecule has 0 bridgehead atoms. The second kappa shape index (κ2) is 2.90. The van der Waals surface area contributed by atoms with E-state index in [1.165, 1.54) is 6.07 Å². The van der Waals surface area contributed by atoms with Crippen LogP contribution in [0.5, 0.6) is 0 Å². The third kappa shape index (κ3) is 1.19. The average molecular weight is 192 g/mol. The zero-order chi connectivity index (χ0) is 10.3. The maximum Gasteiger partial charge on any atom is 0.335 e. The highest BCUT2D eigenvalue weighted by atomic mass is 16.4. The predicted molar refractivity (Wildman–Crippen MR) is 54.8 cm³/mol. The third-order valence-corrected chi connectivity index (χ3v) is 2.56. The molecular weight excluding hydrogens is 180 g/mol. The number of benzene rings is 1. The lowest BCUT2D eigenvalue weighted by Crippen LogP contribution is -2.14. The summed E-state index contributed by atoms with van der Waals surface area (Å²) in [5.74, 6) is -0.922. The van der Waals surface area contributed by atoms with E-state index in [-0.39, 0.29) is 5.56 Å². The quantitative estimate of drug-likeness (QED) is 0.650. The molecule has 1 heterocycles. The normalized spacial score (nSPS) is 14.2. The Morgan fingerprint density at radius 1 is 1.57 bits per heavy atom. The summed E-state index contributed by atoms with van der Waals surface area (Å²) in [6.07, 6.45) is 0.872. The van der Waals surface area contributed by atoms with Crippen LogP contribution in [0.2, 0.25) is 0 Å². The molecule has 0 spiro atoms. The van der Waals surface area contributed by atoms with Gasteiger partial charge >= 0.3 is 5.97 Å². The van der Waals surface area contributed by atoms with Crippen molar-refractivity contribution in [3.8, 4) is 0 Å². The number of rotatable bonds is 1. The summed E-state index contributed by atoms with van der Waals surface area (Å²) in [5.41, 5.74) is 8.64. The maximum atomic E-state index is 10.8. The number of hydrogen-bond donors (Lipinski definition) is 2. The standard InChI is InChI=1S/C10H12N2O2/c1-12-3-2-6-4-7(10(13)14)5-8(11)9(6)12/h4-5H,2-3,11H2,1H3,(H,13,14). The van der Waals surface area contributed by atoms with Crippen molar-refractivity contribution in [2.75, 3.05) is 24.2 Å². The van der Waals surface area contributed by atoms with Crippen molar-refractivity contribution in [2.24, 2.45) is 0 Å². The number of carboxylic acid groups (broad SMARTS) is 1. The van der Waals surface area contributed by atoms with Gasteiger partial charge in [0.2, 0.25) is 0 Å². The van der Waals surface area contributed by atoms with E-state index < -0.39 is 5.97 Å². The van der Waals surface area contributed by atoms with Gasteiger partial charge in [0.05, 0.1) is 16.9 Å². The molecule has 0 atom stereocenters. The minimum Gasteiger partial charge on any atom is -0.478 e. The number of nitrogen functional groups attached to an aromatic ring is 1. The molecule has 0 aliphatic carbocycles. The van der Waals surface area contributed by atoms with Gasteiger partial charge in [-0.05, 0) is 24.1 Å². The van der Waals surface area contributed by atoms with Gasteiger partial charge in [0.25, 0.3) is 0 Å². The Morgan fingerprint density at radius 2 is 2.29 bits per heavy atom. The number of carbonyl (C=O) groups is 1. The molecule has 0 aromatic heterocycles. The van der Waals surface area contributed by atoms with Crippen LogP contribution in [-0.2, 0) is 6.42 Å². The van der Waals surface area contributed by atoms with Crippen molar-refractivity contribution >= 4 is 17.3 Å². The van der Waals surface area contributed by atoms with Gasteiger partial charge in [0.15, 0.2) is 0 Å². The Bertz CT molecular complexity index is 401. The van der Waals surface area contributed by atoms with Gasteiger partial charge in [0.1, 0.15) is 0 Å². The molecule has 74 valence electrons. The molecule has 0 amide bonds. The Kier molecular flexibility index (Phi) is 1.84. The number of carboxylic acids is 1. The molecule has 4 heteroatoms. The molecular formula is C10H12N2O2. The Labute approximate surface area is 81.9 Å². The number of fused-ring (bicyclic) bond motifs is 1. The minimum absolute atomic E-state index is 0.275. The molecule has 1 aliphatic heterocycles. The number of anilines is 2. The van der Waals surface area contributed by atoms with Gasteiger partial charge in [0, 0.05) is 13.6 Å². The summed E-state index contributed by atoms with van der Waals surface area (Å²) < 4.78 is 0. The van der Waals surface area contributed by atoms with Crippen molar-refractivity contribution in [3.63, 3.8) is 0 Å². The number of nitrogens with zero attached hydrogens (tertiary/aromatic N) is 1. The zero-order valence-electron chi connectivity index (χ0n) is 7.95. The van der Waals surface area contributed by atoms with Crippen molar-refractivity contribution < 1.29 is 9.90 Å². The first-order valence-electron chi connectivity index (χ1n) is 4.46. The van der Waals surface area contributed by atoms with Gasteiger partial charge in [-0.3, -0.25) is 0 Å². The monoisotopic (exact) mass is 192 g/mol. The number of aromatic carboxylic acids is 1. The van der Waals surface area contributed by atoms with E-state index in [4.69, 9.17) is 10.8 Å². The van der Waals surface area contributed by atoms with Crippen LogP contribution in [0.4, 0.5) is 11.4 Å². The van der Waals surface area contributed by atoms with E-state index in [2.05, 4.69) is 4.90 Å². The van der Waals surface area contributed by atoms with Crippen LogP contribution in [0, 0.1) is 0 Å². The highest BCUT2D eigenvalue weighted by Gasteiger charge is 2.20. The summed E-state index contributed by atoms with van der Waals surface area (Å²) in [5, 5.41) is 8.84. The number of nitrogens with two attached hydrogens (primary N) is 1. The van der Waals surface area contributed by atoms with Crippen LogP contribution < -0.4 is 10.6 Å². The lowest BCUT2D eigenvalue weighted by atomic mass is 10.1. The van der Waals surface area contributed by atoms with Crippen LogP contribution in [-0.4, -0.2) is 24.7 Å². The molecule has 1 aliphatic rings. The smallest absolute Gasteiger partial charge is 0.335 e. The van der Waals surface area contributed by atoms with E-state index in [0.717, 1.165) is 24.2 Å². The second-order valence-corrected chi connectivity index (χ2v) is 3.55. The summed E-state index contributed by atoms with van der Waals surface area (Å²) >= 11 is 0. The maximum absolute atomic E-state index is 10.8. The second-order valence-electron chi connectivity index (χ2n) is 3.55. The number of hydrogen-bond acceptors (Lipinski definition) is 3. The summed E-state index contributed by atoms with van der Waals surface area (Å²) in [6.45, 7) is 0.905. The van der Waals surface area contributed by atoms with Gasteiger partial charge < -0.3 is 15.7 Å². The van der Waals surface area contributed by atoms with Crippen LogP contribution in [0.15, 0.2) is 12.1 Å². The summed E-state index contributed by atoms with van der Waals surface area (Å²) in [7, 11) is 1.96. The lowest BCUT2D eigenvalue weighted by molar-refractivity contribution is 0.0697. The van der Waals surface area contributed by atoms with Crippen molar-refractivity contribution in [2.45, 2.75) is 6.42 Å². The predicted octanol–water partition coefficient (Wildman–Crippen LogP) is 0.959. The third-order valence-electron chi connectivity index (χ3n) is 2.56. The summed E-state index contributed by atoms with van der Waals surface area (Å²) in [4.78, 5) is 12.8. The molecule has 3 N–H and O–H groups in total. The fourth-order valence-electron chi connectivity index (χ4n) is 1.90. The molecule has 1 aromatic rings. The fraction of sp³-hybridized carbons (Fsp3) is 0.300. The topological polar surface area (TPSA) is 66.6 Å². The van der Waals surface area contributed by atoms with E-state index in [1.54, 1.807) is 6.07 Å². The fourth-order valence-corrected chi connectivity index (χ4v) is 1.90. The molecule has 4 nitrogen and oxygen atoms in total. The van der Waals surface area contributed by atoms with Crippen molar-refractivity contribution in [1.29, 1.82) is 0 Å². The van der Waals surface area contributed by atoms with Crippen molar-refractivity contribution in [1.82, 2.24) is 0 Å². The minimum atomic E-state index is -0.922. The summed E-state index contributed by atoms with van der Waals surface area (Å²) in [6, 6.07) is 3.22. The Morgan fingerprint density at radius 3 is 2.93 bits per heavy atom.